The fourth-order valence-electron chi connectivity index (χ4n) is 1.96. The van der Waals surface area contributed by atoms with Crippen LogP contribution in [0.4, 0.5) is 5.69 Å². The lowest BCUT2D eigenvalue weighted by Crippen LogP contribution is -2.33. The van der Waals surface area contributed by atoms with Crippen molar-refractivity contribution in [2.45, 2.75) is 20.4 Å². The van der Waals surface area contributed by atoms with Crippen LogP contribution in [0.1, 0.15) is 26.6 Å². The van der Waals surface area contributed by atoms with Crippen molar-refractivity contribution >= 4 is 41.2 Å². The van der Waals surface area contributed by atoms with Gasteiger partial charge in [-0.2, -0.15) is 0 Å². The summed E-state index contributed by atoms with van der Waals surface area (Å²) < 4.78 is 0. The van der Waals surface area contributed by atoms with Gasteiger partial charge in [-0.05, 0) is 25.0 Å². The molecule has 1 aromatic heterocycles. The third-order valence-electron chi connectivity index (χ3n) is 3.11. The number of nitrogens with zero attached hydrogens (tertiary/aromatic N) is 1. The Morgan fingerprint density at radius 2 is 1.91 bits per heavy atom. The van der Waals surface area contributed by atoms with Crippen LogP contribution in [0, 0.1) is 13.8 Å². The Morgan fingerprint density at radius 1 is 1.26 bits per heavy atom. The van der Waals surface area contributed by atoms with Crippen molar-refractivity contribution in [2.24, 2.45) is 5.73 Å². The van der Waals surface area contributed by atoms with Crippen LogP contribution < -0.4 is 16.4 Å². The highest BCUT2D eigenvalue weighted by Gasteiger charge is 2.12. The zero-order valence-electron chi connectivity index (χ0n) is 12.9. The van der Waals surface area contributed by atoms with E-state index in [1.54, 1.807) is 5.38 Å². The number of carbonyl (C=O) groups is 2. The van der Waals surface area contributed by atoms with Gasteiger partial charge in [-0.25, -0.2) is 4.98 Å². The molecule has 2 amide bonds. The number of nitrogens with one attached hydrogen (secondary N) is 2. The second-order valence-corrected chi connectivity index (χ2v) is 5.77. The van der Waals surface area contributed by atoms with Crippen LogP contribution in [-0.4, -0.2) is 23.3 Å². The summed E-state index contributed by atoms with van der Waals surface area (Å²) in [5, 5.41) is 7.67. The van der Waals surface area contributed by atoms with E-state index in [9.17, 15) is 9.59 Å². The largest absolute Gasteiger partial charge is 0.342 e. The molecule has 0 aliphatic rings. The molecule has 0 bridgehead atoms. The number of aromatic nitrogens is 1. The molecule has 4 N–H and O–H groups in total. The van der Waals surface area contributed by atoms with Crippen molar-refractivity contribution in [1.82, 2.24) is 10.3 Å². The normalized spacial score (nSPS) is 9.87. The molecule has 1 heterocycles. The molecule has 23 heavy (non-hydrogen) atoms. The van der Waals surface area contributed by atoms with Gasteiger partial charge in [-0.3, -0.25) is 9.59 Å². The third kappa shape index (κ3) is 5.02. The minimum Gasteiger partial charge on any atom is -0.342 e. The maximum Gasteiger partial charge on any atom is 0.271 e. The predicted octanol–water partition coefficient (Wildman–Crippen LogP) is 2.01. The SMILES string of the molecule is Cc1cccc(C)c1NC(=O)CNC(=O)c1csc(CN)n1.Cl. The number of benzene rings is 1. The number of carbonyl (C=O) groups excluding carboxylic acids is 2. The first-order valence-electron chi connectivity index (χ1n) is 6.80. The Bertz CT molecular complexity index is 682. The van der Waals surface area contributed by atoms with Crippen molar-refractivity contribution in [1.29, 1.82) is 0 Å². The fourth-order valence-corrected chi connectivity index (χ4v) is 2.61. The zero-order valence-corrected chi connectivity index (χ0v) is 14.5. The summed E-state index contributed by atoms with van der Waals surface area (Å²) in [6.07, 6.45) is 0. The number of nitrogens with two attached hydrogens (primary N) is 1. The highest BCUT2D eigenvalue weighted by Crippen LogP contribution is 2.19. The number of anilines is 1. The summed E-state index contributed by atoms with van der Waals surface area (Å²) in [6.45, 7) is 4.03. The van der Waals surface area contributed by atoms with E-state index in [1.165, 1.54) is 11.3 Å². The van der Waals surface area contributed by atoms with Gasteiger partial charge >= 0.3 is 0 Å². The van der Waals surface area contributed by atoms with Gasteiger partial charge in [0.25, 0.3) is 5.91 Å². The first-order valence-corrected chi connectivity index (χ1v) is 7.68. The quantitative estimate of drug-likeness (QED) is 0.765. The first-order chi connectivity index (χ1) is 10.5. The van der Waals surface area contributed by atoms with E-state index in [1.807, 2.05) is 32.0 Å². The summed E-state index contributed by atoms with van der Waals surface area (Å²) in [5.74, 6) is -0.660. The smallest absolute Gasteiger partial charge is 0.271 e. The van der Waals surface area contributed by atoms with Crippen LogP contribution in [0.5, 0.6) is 0 Å². The van der Waals surface area contributed by atoms with Gasteiger partial charge in [0.2, 0.25) is 5.91 Å². The van der Waals surface area contributed by atoms with Gasteiger partial charge in [0.15, 0.2) is 0 Å². The van der Waals surface area contributed by atoms with E-state index in [0.29, 0.717) is 11.6 Å². The molecule has 0 atom stereocenters. The van der Waals surface area contributed by atoms with Crippen LogP contribution in [0.15, 0.2) is 23.6 Å². The molecular formula is C15H19ClN4O2S. The van der Waals surface area contributed by atoms with Gasteiger partial charge in [-0.15, -0.1) is 23.7 Å². The van der Waals surface area contributed by atoms with Gasteiger partial charge in [-0.1, -0.05) is 18.2 Å². The number of rotatable bonds is 5. The monoisotopic (exact) mass is 354 g/mol. The molecule has 6 nitrogen and oxygen atoms in total. The standard InChI is InChI=1S/C15H18N4O2S.ClH/c1-9-4-3-5-10(2)14(9)19-12(20)7-17-15(21)11-8-22-13(6-16)18-11;/h3-5,8H,6-7,16H2,1-2H3,(H,17,21)(H,19,20);1H. The topological polar surface area (TPSA) is 97.1 Å². The molecule has 1 aromatic carbocycles. The molecule has 0 radical (unpaired) electrons. The molecule has 2 rings (SSSR count). The number of thiazole rings is 1. The lowest BCUT2D eigenvalue weighted by Gasteiger charge is -2.11. The fraction of sp³-hybridized carbons (Fsp3) is 0.267. The highest BCUT2D eigenvalue weighted by atomic mass is 35.5. The van der Waals surface area contributed by atoms with Crippen LogP contribution in [-0.2, 0) is 11.3 Å². The Hall–Kier alpha value is -1.96. The molecular weight excluding hydrogens is 336 g/mol. The van der Waals surface area contributed by atoms with E-state index in [2.05, 4.69) is 15.6 Å². The van der Waals surface area contributed by atoms with Crippen molar-refractivity contribution in [3.05, 3.63) is 45.4 Å². The number of hydrogen-bond acceptors (Lipinski definition) is 5. The van der Waals surface area contributed by atoms with Gasteiger partial charge in [0, 0.05) is 17.6 Å². The maximum absolute atomic E-state index is 12.0. The van der Waals surface area contributed by atoms with Crippen molar-refractivity contribution in [3.63, 3.8) is 0 Å². The summed E-state index contributed by atoms with van der Waals surface area (Å²) in [6, 6.07) is 5.77. The molecule has 0 saturated carbocycles. The van der Waals surface area contributed by atoms with E-state index in [4.69, 9.17) is 5.73 Å². The highest BCUT2D eigenvalue weighted by molar-refractivity contribution is 7.09. The Labute approximate surface area is 144 Å². The summed E-state index contributed by atoms with van der Waals surface area (Å²) in [4.78, 5) is 27.9. The zero-order chi connectivity index (χ0) is 16.1. The van der Waals surface area contributed by atoms with Gasteiger partial charge in [0.1, 0.15) is 10.7 Å². The molecule has 0 saturated heterocycles. The van der Waals surface area contributed by atoms with Crippen molar-refractivity contribution in [2.75, 3.05) is 11.9 Å². The number of para-hydroxylation sites is 1. The minimum absolute atomic E-state index is 0. The van der Waals surface area contributed by atoms with Crippen molar-refractivity contribution < 1.29 is 9.59 Å². The third-order valence-corrected chi connectivity index (χ3v) is 3.99. The summed E-state index contributed by atoms with van der Waals surface area (Å²) >= 11 is 1.32. The second-order valence-electron chi connectivity index (χ2n) is 4.83. The lowest BCUT2D eigenvalue weighted by molar-refractivity contribution is -0.115. The van der Waals surface area contributed by atoms with Crippen LogP contribution in [0.2, 0.25) is 0 Å². The first kappa shape index (κ1) is 19.1. The predicted molar refractivity (Wildman–Crippen MR) is 94.1 cm³/mol. The molecule has 0 fully saturated rings. The van der Waals surface area contributed by atoms with Gasteiger partial charge in [0.05, 0.1) is 6.54 Å². The molecule has 0 unspecified atom stereocenters. The number of amides is 2. The molecule has 8 heteroatoms. The molecule has 0 spiro atoms. The van der Waals surface area contributed by atoms with Crippen LogP contribution in [0.3, 0.4) is 0 Å². The van der Waals surface area contributed by atoms with Crippen LogP contribution >= 0.6 is 23.7 Å². The molecule has 2 aromatic rings. The van der Waals surface area contributed by atoms with E-state index in [0.717, 1.165) is 16.8 Å². The van der Waals surface area contributed by atoms with E-state index >= 15 is 0 Å². The average Bonchev–Trinajstić information content (AvgIpc) is 2.98. The van der Waals surface area contributed by atoms with Crippen molar-refractivity contribution in [3.8, 4) is 0 Å². The maximum atomic E-state index is 12.0. The Morgan fingerprint density at radius 3 is 2.48 bits per heavy atom. The Kier molecular flexibility index (Phi) is 7.15. The van der Waals surface area contributed by atoms with Gasteiger partial charge < -0.3 is 16.4 Å². The number of aryl methyl sites for hydroxylation is 2. The lowest BCUT2D eigenvalue weighted by atomic mass is 10.1. The summed E-state index contributed by atoms with van der Waals surface area (Å²) in [5.41, 5.74) is 8.47. The summed E-state index contributed by atoms with van der Waals surface area (Å²) in [7, 11) is 0. The molecule has 0 aliphatic carbocycles. The van der Waals surface area contributed by atoms with E-state index < -0.39 is 0 Å². The average molecular weight is 355 g/mol. The number of halogens is 1. The van der Waals surface area contributed by atoms with E-state index in [-0.39, 0.29) is 36.5 Å². The number of hydrogen-bond donors (Lipinski definition) is 3. The Balaban J connectivity index is 0.00000264. The molecule has 0 aliphatic heterocycles. The minimum atomic E-state index is -0.382. The van der Waals surface area contributed by atoms with Crippen LogP contribution in [0.25, 0.3) is 0 Å². The second kappa shape index (κ2) is 8.61. The molecule has 124 valence electrons.